The highest BCUT2D eigenvalue weighted by molar-refractivity contribution is 5.92. The Balaban J connectivity index is 1.32. The lowest BCUT2D eigenvalue weighted by atomic mass is 9.95. The quantitative estimate of drug-likeness (QED) is 0.864. The molecule has 1 aliphatic heterocycles. The van der Waals surface area contributed by atoms with Gasteiger partial charge >= 0.3 is 6.03 Å². The Hall–Kier alpha value is -2.37. The Morgan fingerprint density at radius 3 is 2.74 bits per heavy atom. The van der Waals surface area contributed by atoms with E-state index in [9.17, 15) is 4.79 Å². The third kappa shape index (κ3) is 3.33. The normalized spacial score (nSPS) is 21.3. The van der Waals surface area contributed by atoms with Gasteiger partial charge in [0.1, 0.15) is 12.0 Å². The molecule has 2 aromatic heterocycles. The fraction of sp³-hybridized carbons (Fsp3) is 0.571. The molecule has 0 bridgehead atoms. The van der Waals surface area contributed by atoms with E-state index >= 15 is 0 Å². The molecule has 2 amide bonds. The first-order valence-corrected chi connectivity index (χ1v) is 10.4. The van der Waals surface area contributed by atoms with E-state index in [2.05, 4.69) is 32.5 Å². The van der Waals surface area contributed by atoms with Crippen molar-refractivity contribution in [2.24, 2.45) is 0 Å². The van der Waals surface area contributed by atoms with Crippen LogP contribution < -0.4 is 5.32 Å². The van der Waals surface area contributed by atoms with Gasteiger partial charge in [-0.3, -0.25) is 0 Å². The standard InChI is InChI=1S/C21H27N5O/c27-21(25-16-4-2-1-3-5-16)26-10-8-15(9-11-26)19-18-17(14-6-7-14)12-22-20(18)24-13-23-19/h8,12-14,16H,1-7,9-11H2,(H,25,27)(H,22,23,24). The van der Waals surface area contributed by atoms with Crippen molar-refractivity contribution in [3.8, 4) is 0 Å². The number of H-pyrrole nitrogens is 1. The first kappa shape index (κ1) is 16.8. The molecule has 6 nitrogen and oxygen atoms in total. The SMILES string of the molecule is O=C(NC1CCCCC1)N1CC=C(c2ncnc3[nH]cc(C4CC4)c23)CC1. The number of aromatic amines is 1. The van der Waals surface area contributed by atoms with Crippen molar-refractivity contribution in [1.29, 1.82) is 0 Å². The van der Waals surface area contributed by atoms with Gasteiger partial charge in [-0.1, -0.05) is 25.3 Å². The lowest BCUT2D eigenvalue weighted by Crippen LogP contribution is -2.46. The second kappa shape index (κ2) is 6.98. The highest BCUT2D eigenvalue weighted by Gasteiger charge is 2.29. The van der Waals surface area contributed by atoms with Crippen LogP contribution in [0.1, 0.15) is 68.5 Å². The minimum Gasteiger partial charge on any atom is -0.346 e. The van der Waals surface area contributed by atoms with Gasteiger partial charge in [-0.05, 0) is 49.2 Å². The fourth-order valence-electron chi connectivity index (χ4n) is 4.53. The Morgan fingerprint density at radius 2 is 2.00 bits per heavy atom. The second-order valence-electron chi connectivity index (χ2n) is 8.17. The average molecular weight is 365 g/mol. The van der Waals surface area contributed by atoms with Crippen molar-refractivity contribution in [3.05, 3.63) is 29.9 Å². The molecule has 2 N–H and O–H groups in total. The summed E-state index contributed by atoms with van der Waals surface area (Å²) < 4.78 is 0. The van der Waals surface area contributed by atoms with Crippen molar-refractivity contribution in [2.75, 3.05) is 13.1 Å². The molecule has 6 heteroatoms. The second-order valence-corrected chi connectivity index (χ2v) is 8.17. The number of aromatic nitrogens is 3. The molecule has 0 radical (unpaired) electrons. The third-order valence-corrected chi connectivity index (χ3v) is 6.25. The minimum absolute atomic E-state index is 0.0883. The van der Waals surface area contributed by atoms with Gasteiger partial charge in [0.25, 0.3) is 0 Å². The van der Waals surface area contributed by atoms with E-state index in [-0.39, 0.29) is 6.03 Å². The number of carbonyl (C=O) groups excluding carboxylic acids is 1. The van der Waals surface area contributed by atoms with E-state index in [1.165, 1.54) is 48.6 Å². The van der Waals surface area contributed by atoms with Crippen LogP contribution in [0.5, 0.6) is 0 Å². The molecule has 2 saturated carbocycles. The molecule has 27 heavy (non-hydrogen) atoms. The molecule has 3 heterocycles. The summed E-state index contributed by atoms with van der Waals surface area (Å²) >= 11 is 0. The first-order valence-electron chi connectivity index (χ1n) is 10.4. The Morgan fingerprint density at radius 1 is 1.15 bits per heavy atom. The van der Waals surface area contributed by atoms with Crippen LogP contribution in [0, 0.1) is 0 Å². The number of nitrogens with one attached hydrogen (secondary N) is 2. The maximum Gasteiger partial charge on any atom is 0.317 e. The summed E-state index contributed by atoms with van der Waals surface area (Å²) in [6.45, 7) is 1.40. The van der Waals surface area contributed by atoms with Crippen molar-refractivity contribution >= 4 is 22.6 Å². The average Bonchev–Trinajstić information content (AvgIpc) is 3.47. The molecular weight excluding hydrogens is 338 g/mol. The maximum absolute atomic E-state index is 12.6. The number of rotatable bonds is 3. The zero-order valence-electron chi connectivity index (χ0n) is 15.7. The van der Waals surface area contributed by atoms with Crippen molar-refractivity contribution in [1.82, 2.24) is 25.2 Å². The van der Waals surface area contributed by atoms with Crippen molar-refractivity contribution < 1.29 is 4.79 Å². The summed E-state index contributed by atoms with van der Waals surface area (Å²) in [4.78, 5) is 26.8. The zero-order chi connectivity index (χ0) is 18.2. The van der Waals surface area contributed by atoms with Gasteiger partial charge in [0.15, 0.2) is 0 Å². The lowest BCUT2D eigenvalue weighted by molar-refractivity contribution is 0.195. The monoisotopic (exact) mass is 365 g/mol. The molecule has 0 saturated heterocycles. The number of nitrogens with zero attached hydrogens (tertiary/aromatic N) is 3. The molecule has 0 unspecified atom stereocenters. The molecular formula is C21H27N5O. The van der Waals surface area contributed by atoms with E-state index in [4.69, 9.17) is 0 Å². The number of hydrogen-bond donors (Lipinski definition) is 2. The van der Waals surface area contributed by atoms with Gasteiger partial charge in [-0.25, -0.2) is 14.8 Å². The van der Waals surface area contributed by atoms with Crippen LogP contribution in [0.15, 0.2) is 18.6 Å². The van der Waals surface area contributed by atoms with Gasteiger partial charge < -0.3 is 15.2 Å². The van der Waals surface area contributed by atoms with Gasteiger partial charge in [0.05, 0.1) is 5.69 Å². The van der Waals surface area contributed by atoms with E-state index in [1.807, 2.05) is 4.90 Å². The van der Waals surface area contributed by atoms with Crippen LogP contribution in [0.2, 0.25) is 0 Å². The van der Waals surface area contributed by atoms with Crippen LogP contribution in [-0.2, 0) is 0 Å². The molecule has 2 aliphatic carbocycles. The topological polar surface area (TPSA) is 73.9 Å². The summed E-state index contributed by atoms with van der Waals surface area (Å²) in [6.07, 6.45) is 15.3. The molecule has 0 spiro atoms. The smallest absolute Gasteiger partial charge is 0.317 e. The predicted molar refractivity (Wildman–Crippen MR) is 105 cm³/mol. The van der Waals surface area contributed by atoms with E-state index in [0.717, 1.165) is 37.1 Å². The van der Waals surface area contributed by atoms with E-state index < -0.39 is 0 Å². The summed E-state index contributed by atoms with van der Waals surface area (Å²) in [7, 11) is 0. The Kier molecular flexibility index (Phi) is 4.34. The molecule has 0 atom stereocenters. The molecule has 142 valence electrons. The Bertz CT molecular complexity index is 876. The summed E-state index contributed by atoms with van der Waals surface area (Å²) in [5, 5.41) is 4.41. The van der Waals surface area contributed by atoms with E-state index in [1.54, 1.807) is 6.33 Å². The van der Waals surface area contributed by atoms with Gasteiger partial charge in [-0.15, -0.1) is 0 Å². The molecule has 0 aromatic carbocycles. The van der Waals surface area contributed by atoms with Crippen molar-refractivity contribution in [3.63, 3.8) is 0 Å². The number of urea groups is 1. The maximum atomic E-state index is 12.6. The molecule has 5 rings (SSSR count). The van der Waals surface area contributed by atoms with Crippen LogP contribution in [0.4, 0.5) is 4.79 Å². The molecule has 2 fully saturated rings. The summed E-state index contributed by atoms with van der Waals surface area (Å²) in [5.74, 6) is 0.658. The number of carbonyl (C=O) groups is 1. The Labute approximate surface area is 159 Å². The number of fused-ring (bicyclic) bond motifs is 1. The van der Waals surface area contributed by atoms with Crippen LogP contribution in [0.25, 0.3) is 16.6 Å². The van der Waals surface area contributed by atoms with Crippen LogP contribution in [-0.4, -0.2) is 45.0 Å². The van der Waals surface area contributed by atoms with Crippen LogP contribution >= 0.6 is 0 Å². The van der Waals surface area contributed by atoms with E-state index in [0.29, 0.717) is 18.5 Å². The van der Waals surface area contributed by atoms with Gasteiger partial charge in [0, 0.05) is 30.7 Å². The highest BCUT2D eigenvalue weighted by Crippen LogP contribution is 2.44. The van der Waals surface area contributed by atoms with Crippen LogP contribution in [0.3, 0.4) is 0 Å². The molecule has 3 aliphatic rings. The third-order valence-electron chi connectivity index (χ3n) is 6.25. The predicted octanol–water partition coefficient (Wildman–Crippen LogP) is 3.97. The largest absolute Gasteiger partial charge is 0.346 e. The van der Waals surface area contributed by atoms with Gasteiger partial charge in [-0.2, -0.15) is 0 Å². The number of hydrogen-bond acceptors (Lipinski definition) is 3. The number of amides is 2. The fourth-order valence-corrected chi connectivity index (χ4v) is 4.53. The minimum atomic E-state index is 0.0883. The first-order chi connectivity index (χ1) is 13.3. The van der Waals surface area contributed by atoms with Gasteiger partial charge in [0.2, 0.25) is 0 Å². The summed E-state index contributed by atoms with van der Waals surface area (Å²) in [6, 6.07) is 0.449. The summed E-state index contributed by atoms with van der Waals surface area (Å²) in [5.41, 5.74) is 4.58. The zero-order valence-corrected chi connectivity index (χ0v) is 15.7. The highest BCUT2D eigenvalue weighted by atomic mass is 16.2. The lowest BCUT2D eigenvalue weighted by Gasteiger charge is -2.30. The van der Waals surface area contributed by atoms with Crippen molar-refractivity contribution in [2.45, 2.75) is 63.3 Å². The molecule has 2 aromatic rings.